The molecular weight excluding hydrogens is 336 g/mol. The highest BCUT2D eigenvalue weighted by atomic mass is 35.5. The summed E-state index contributed by atoms with van der Waals surface area (Å²) >= 11 is 3.97. The van der Waals surface area contributed by atoms with E-state index in [1.165, 1.54) is 17.1 Å². The van der Waals surface area contributed by atoms with Gasteiger partial charge in [0, 0.05) is 23.1 Å². The molecule has 2 atom stereocenters. The van der Waals surface area contributed by atoms with Crippen LogP contribution in [-0.4, -0.2) is 24.0 Å². The quantitative estimate of drug-likeness (QED) is 0.857. The van der Waals surface area contributed by atoms with Crippen LogP contribution in [0.4, 0.5) is 5.69 Å². The van der Waals surface area contributed by atoms with Crippen molar-refractivity contribution in [3.8, 4) is 0 Å². The van der Waals surface area contributed by atoms with E-state index in [9.17, 15) is 4.79 Å². The van der Waals surface area contributed by atoms with E-state index in [1.807, 2.05) is 35.7 Å². The van der Waals surface area contributed by atoms with Crippen LogP contribution in [0.15, 0.2) is 24.3 Å². The van der Waals surface area contributed by atoms with E-state index < -0.39 is 0 Å². The smallest absolute Gasteiger partial charge is 0.227 e. The van der Waals surface area contributed by atoms with Gasteiger partial charge in [-0.25, -0.2) is 0 Å². The Balaban J connectivity index is 0.00000176. The normalized spacial score (nSPS) is 25.0. The zero-order valence-electron chi connectivity index (χ0n) is 12.5. The summed E-state index contributed by atoms with van der Waals surface area (Å²) in [4.78, 5) is 12.4. The number of halogens is 1. The van der Waals surface area contributed by atoms with Crippen molar-refractivity contribution in [2.75, 3.05) is 23.4 Å². The molecule has 3 N–H and O–H groups in total. The molecule has 0 aromatic heterocycles. The molecule has 1 saturated carbocycles. The Hall–Kier alpha value is -0.360. The van der Waals surface area contributed by atoms with Gasteiger partial charge in [-0.1, -0.05) is 18.6 Å². The third-order valence-corrected chi connectivity index (χ3v) is 7.45. The van der Waals surface area contributed by atoms with Gasteiger partial charge >= 0.3 is 0 Å². The Bertz CT molecular complexity index is 509. The van der Waals surface area contributed by atoms with Crippen LogP contribution in [0, 0.1) is 11.8 Å². The summed E-state index contributed by atoms with van der Waals surface area (Å²) in [5.74, 6) is 3.02. The van der Waals surface area contributed by atoms with Gasteiger partial charge in [0.1, 0.15) is 0 Å². The highest BCUT2D eigenvalue weighted by Crippen LogP contribution is 2.45. The van der Waals surface area contributed by atoms with Crippen LogP contribution in [-0.2, 0) is 4.79 Å². The minimum Gasteiger partial charge on any atom is -0.330 e. The first-order valence-corrected chi connectivity index (χ1v) is 9.72. The molecule has 1 aromatic carbocycles. The molecule has 3 rings (SSSR count). The number of benzene rings is 1. The molecule has 2 fully saturated rings. The van der Waals surface area contributed by atoms with Gasteiger partial charge < -0.3 is 11.1 Å². The SMILES string of the molecule is Cl.NC[C@H]1CCC[C@H]1C(=O)Nc1cccc(C2SCCS2)c1. The fraction of sp³-hybridized carbons (Fsp3) is 0.562. The van der Waals surface area contributed by atoms with Crippen molar-refractivity contribution < 1.29 is 4.79 Å². The third kappa shape index (κ3) is 4.13. The average molecular weight is 359 g/mol. The van der Waals surface area contributed by atoms with E-state index in [2.05, 4.69) is 17.4 Å². The Morgan fingerprint density at radius 3 is 2.77 bits per heavy atom. The molecule has 1 saturated heterocycles. The average Bonchev–Trinajstić information content (AvgIpc) is 3.18. The van der Waals surface area contributed by atoms with Crippen molar-refractivity contribution in [1.82, 2.24) is 0 Å². The molecule has 1 aliphatic carbocycles. The number of amides is 1. The van der Waals surface area contributed by atoms with E-state index >= 15 is 0 Å². The van der Waals surface area contributed by atoms with Crippen LogP contribution in [0.3, 0.4) is 0 Å². The summed E-state index contributed by atoms with van der Waals surface area (Å²) in [6.07, 6.45) is 3.18. The maximum Gasteiger partial charge on any atom is 0.227 e. The second kappa shape index (κ2) is 8.48. The minimum atomic E-state index is 0. The highest BCUT2D eigenvalue weighted by Gasteiger charge is 2.32. The van der Waals surface area contributed by atoms with E-state index in [1.54, 1.807) is 0 Å². The zero-order chi connectivity index (χ0) is 14.7. The number of rotatable bonds is 4. The lowest BCUT2D eigenvalue weighted by Crippen LogP contribution is -2.29. The van der Waals surface area contributed by atoms with Crippen molar-refractivity contribution in [1.29, 1.82) is 0 Å². The fourth-order valence-corrected chi connectivity index (χ4v) is 6.05. The Labute approximate surface area is 147 Å². The van der Waals surface area contributed by atoms with Gasteiger partial charge in [-0.2, -0.15) is 0 Å². The number of nitrogens with one attached hydrogen (secondary N) is 1. The van der Waals surface area contributed by atoms with Gasteiger partial charge in [0.15, 0.2) is 0 Å². The van der Waals surface area contributed by atoms with E-state index in [0.29, 0.717) is 17.0 Å². The van der Waals surface area contributed by atoms with Gasteiger partial charge in [0.2, 0.25) is 5.91 Å². The summed E-state index contributed by atoms with van der Waals surface area (Å²) in [6, 6.07) is 8.31. The summed E-state index contributed by atoms with van der Waals surface area (Å²) in [7, 11) is 0. The largest absolute Gasteiger partial charge is 0.330 e. The lowest BCUT2D eigenvalue weighted by molar-refractivity contribution is -0.120. The van der Waals surface area contributed by atoms with E-state index in [4.69, 9.17) is 5.73 Å². The lowest BCUT2D eigenvalue weighted by atomic mass is 9.95. The summed E-state index contributed by atoms with van der Waals surface area (Å²) in [5, 5.41) is 3.10. The van der Waals surface area contributed by atoms with Crippen LogP contribution in [0.1, 0.15) is 29.4 Å². The van der Waals surface area contributed by atoms with Crippen molar-refractivity contribution >= 4 is 47.5 Å². The second-order valence-electron chi connectivity index (χ2n) is 5.72. The summed E-state index contributed by atoms with van der Waals surface area (Å²) in [6.45, 7) is 0.619. The summed E-state index contributed by atoms with van der Waals surface area (Å²) in [5.41, 5.74) is 8.01. The van der Waals surface area contributed by atoms with Gasteiger partial charge in [-0.05, 0) is 43.0 Å². The number of hydrogen-bond donors (Lipinski definition) is 2. The lowest BCUT2D eigenvalue weighted by Gasteiger charge is -2.18. The van der Waals surface area contributed by atoms with Gasteiger partial charge in [-0.3, -0.25) is 4.79 Å². The molecular formula is C16H23ClN2OS2. The van der Waals surface area contributed by atoms with Crippen LogP contribution in [0.25, 0.3) is 0 Å². The van der Waals surface area contributed by atoms with E-state index in [-0.39, 0.29) is 24.2 Å². The Morgan fingerprint density at radius 2 is 2.05 bits per heavy atom. The number of hydrogen-bond acceptors (Lipinski definition) is 4. The maximum atomic E-state index is 12.4. The standard InChI is InChI=1S/C16H22N2OS2.ClH/c17-10-12-4-2-6-14(12)15(19)18-13-5-1-3-11(9-13)16-20-7-8-21-16;/h1,3,5,9,12,14,16H,2,4,6-8,10,17H2,(H,18,19);1H/t12-,14-;/m1./s1. The van der Waals surface area contributed by atoms with Crippen molar-refractivity contribution in [2.24, 2.45) is 17.6 Å². The molecule has 0 spiro atoms. The molecule has 22 heavy (non-hydrogen) atoms. The number of thioether (sulfide) groups is 2. The Kier molecular flexibility index (Phi) is 6.93. The van der Waals surface area contributed by atoms with Crippen LogP contribution < -0.4 is 11.1 Å². The molecule has 2 aliphatic rings. The molecule has 1 amide bonds. The molecule has 1 heterocycles. The number of carbonyl (C=O) groups excluding carboxylic acids is 1. The predicted octanol–water partition coefficient (Wildman–Crippen LogP) is 3.90. The molecule has 6 heteroatoms. The van der Waals surface area contributed by atoms with Crippen LogP contribution >= 0.6 is 35.9 Å². The van der Waals surface area contributed by atoms with Gasteiger partial charge in [0.05, 0.1) is 4.58 Å². The molecule has 1 aliphatic heterocycles. The van der Waals surface area contributed by atoms with Crippen molar-refractivity contribution in [3.63, 3.8) is 0 Å². The first-order valence-electron chi connectivity index (χ1n) is 7.62. The molecule has 0 unspecified atom stereocenters. The monoisotopic (exact) mass is 358 g/mol. The first-order chi connectivity index (χ1) is 10.3. The second-order valence-corrected chi connectivity index (χ2v) is 8.45. The first kappa shape index (κ1) is 18.0. The number of nitrogens with two attached hydrogens (primary N) is 1. The van der Waals surface area contributed by atoms with Gasteiger partial charge in [-0.15, -0.1) is 35.9 Å². The van der Waals surface area contributed by atoms with E-state index in [0.717, 1.165) is 24.9 Å². The number of anilines is 1. The van der Waals surface area contributed by atoms with Crippen LogP contribution in [0.2, 0.25) is 0 Å². The fourth-order valence-electron chi connectivity index (χ4n) is 3.21. The number of carbonyl (C=O) groups is 1. The topological polar surface area (TPSA) is 55.1 Å². The molecule has 1 aromatic rings. The Morgan fingerprint density at radius 1 is 1.27 bits per heavy atom. The van der Waals surface area contributed by atoms with Crippen molar-refractivity contribution in [3.05, 3.63) is 29.8 Å². The zero-order valence-corrected chi connectivity index (χ0v) is 14.9. The predicted molar refractivity (Wildman–Crippen MR) is 99.9 cm³/mol. The highest BCUT2D eigenvalue weighted by molar-refractivity contribution is 8.19. The van der Waals surface area contributed by atoms with Crippen molar-refractivity contribution in [2.45, 2.75) is 23.8 Å². The molecule has 3 nitrogen and oxygen atoms in total. The molecule has 0 bridgehead atoms. The maximum absolute atomic E-state index is 12.4. The third-order valence-electron chi connectivity index (χ3n) is 4.35. The summed E-state index contributed by atoms with van der Waals surface area (Å²) < 4.78 is 0.519. The van der Waals surface area contributed by atoms with Crippen LogP contribution in [0.5, 0.6) is 0 Å². The van der Waals surface area contributed by atoms with Gasteiger partial charge in [0.25, 0.3) is 0 Å². The molecule has 0 radical (unpaired) electrons. The minimum absolute atomic E-state index is 0. The molecule has 122 valence electrons.